The number of methoxy groups -OCH3 is 1. The molecule has 0 bridgehead atoms. The van der Waals surface area contributed by atoms with E-state index < -0.39 is 5.95 Å². The van der Waals surface area contributed by atoms with Crippen LogP contribution < -0.4 is 4.90 Å². The molecule has 1 unspecified atom stereocenters. The Labute approximate surface area is 89.1 Å². The molecule has 84 valence electrons. The van der Waals surface area contributed by atoms with Crippen LogP contribution in [0.5, 0.6) is 0 Å². The number of hydrogen-bond acceptors (Lipinski definition) is 4. The zero-order valence-corrected chi connectivity index (χ0v) is 9.27. The van der Waals surface area contributed by atoms with Gasteiger partial charge in [0, 0.05) is 19.7 Å². The van der Waals surface area contributed by atoms with Gasteiger partial charge in [0.15, 0.2) is 0 Å². The number of rotatable bonds is 5. The summed E-state index contributed by atoms with van der Waals surface area (Å²) in [5, 5.41) is 0. The van der Waals surface area contributed by atoms with Crippen LogP contribution in [0.2, 0.25) is 0 Å². The first-order valence-corrected chi connectivity index (χ1v) is 4.92. The van der Waals surface area contributed by atoms with Crippen LogP contribution in [-0.4, -0.2) is 36.3 Å². The highest BCUT2D eigenvalue weighted by atomic mass is 19.1. The summed E-state index contributed by atoms with van der Waals surface area (Å²) in [6.45, 7) is 5.33. The predicted octanol–water partition coefficient (Wildman–Crippen LogP) is 1.48. The van der Waals surface area contributed by atoms with Gasteiger partial charge in [-0.05, 0) is 13.8 Å². The monoisotopic (exact) mass is 213 g/mol. The van der Waals surface area contributed by atoms with E-state index in [9.17, 15) is 4.39 Å². The van der Waals surface area contributed by atoms with Gasteiger partial charge in [-0.2, -0.15) is 4.39 Å². The Morgan fingerprint density at radius 1 is 1.53 bits per heavy atom. The second-order valence-electron chi connectivity index (χ2n) is 3.29. The third-order valence-electron chi connectivity index (χ3n) is 2.19. The lowest BCUT2D eigenvalue weighted by molar-refractivity contribution is 0.181. The molecule has 1 heterocycles. The SMILES string of the molecule is CCN(c1cc(F)ncn1)C(C)COC. The van der Waals surface area contributed by atoms with Crippen LogP contribution in [0.25, 0.3) is 0 Å². The van der Waals surface area contributed by atoms with E-state index in [0.717, 1.165) is 6.54 Å². The highest BCUT2D eigenvalue weighted by Gasteiger charge is 2.14. The minimum Gasteiger partial charge on any atom is -0.383 e. The van der Waals surface area contributed by atoms with Gasteiger partial charge in [0.1, 0.15) is 12.1 Å². The molecular formula is C10H16FN3O. The van der Waals surface area contributed by atoms with E-state index in [-0.39, 0.29) is 6.04 Å². The molecule has 1 atom stereocenters. The van der Waals surface area contributed by atoms with Gasteiger partial charge in [0.25, 0.3) is 0 Å². The lowest BCUT2D eigenvalue weighted by Crippen LogP contribution is -2.36. The molecule has 0 aliphatic rings. The first kappa shape index (κ1) is 11.8. The van der Waals surface area contributed by atoms with Gasteiger partial charge in [0.05, 0.1) is 12.6 Å². The zero-order valence-electron chi connectivity index (χ0n) is 9.27. The second kappa shape index (κ2) is 5.60. The molecule has 1 aromatic rings. The third kappa shape index (κ3) is 3.13. The molecule has 0 aliphatic carbocycles. The van der Waals surface area contributed by atoms with Gasteiger partial charge in [-0.25, -0.2) is 9.97 Å². The Morgan fingerprint density at radius 3 is 2.80 bits per heavy atom. The van der Waals surface area contributed by atoms with E-state index >= 15 is 0 Å². The lowest BCUT2D eigenvalue weighted by atomic mass is 10.3. The van der Waals surface area contributed by atoms with Crippen molar-refractivity contribution >= 4 is 5.82 Å². The maximum Gasteiger partial charge on any atom is 0.218 e. The summed E-state index contributed by atoms with van der Waals surface area (Å²) in [6.07, 6.45) is 1.23. The molecule has 1 aromatic heterocycles. The number of hydrogen-bond donors (Lipinski definition) is 0. The van der Waals surface area contributed by atoms with E-state index in [2.05, 4.69) is 9.97 Å². The topological polar surface area (TPSA) is 38.2 Å². The van der Waals surface area contributed by atoms with Crippen LogP contribution in [0.4, 0.5) is 10.2 Å². The van der Waals surface area contributed by atoms with Gasteiger partial charge in [-0.3, -0.25) is 0 Å². The normalized spacial score (nSPS) is 12.5. The summed E-state index contributed by atoms with van der Waals surface area (Å²) in [5.41, 5.74) is 0. The standard InChI is InChI=1S/C10H16FN3O/c1-4-14(8(2)6-15-3)10-5-9(11)12-7-13-10/h5,7-8H,4,6H2,1-3H3. The van der Waals surface area contributed by atoms with Crippen molar-refractivity contribution in [2.45, 2.75) is 19.9 Å². The van der Waals surface area contributed by atoms with Crippen molar-refractivity contribution in [3.8, 4) is 0 Å². The van der Waals surface area contributed by atoms with E-state index in [1.807, 2.05) is 18.7 Å². The van der Waals surface area contributed by atoms with Gasteiger partial charge in [-0.15, -0.1) is 0 Å². The quantitative estimate of drug-likeness (QED) is 0.694. The summed E-state index contributed by atoms with van der Waals surface area (Å²) in [4.78, 5) is 9.43. The third-order valence-corrected chi connectivity index (χ3v) is 2.19. The van der Waals surface area contributed by atoms with Crippen LogP contribution in [0.15, 0.2) is 12.4 Å². The van der Waals surface area contributed by atoms with Crippen molar-refractivity contribution in [3.05, 3.63) is 18.3 Å². The number of nitrogens with zero attached hydrogens (tertiary/aromatic N) is 3. The molecule has 1 rings (SSSR count). The molecule has 0 saturated carbocycles. The molecule has 0 aliphatic heterocycles. The molecule has 4 nitrogen and oxygen atoms in total. The first-order valence-electron chi connectivity index (χ1n) is 4.92. The van der Waals surface area contributed by atoms with Crippen molar-refractivity contribution < 1.29 is 9.13 Å². The molecule has 0 spiro atoms. The van der Waals surface area contributed by atoms with Crippen LogP contribution in [0, 0.1) is 5.95 Å². The van der Waals surface area contributed by atoms with Crippen molar-refractivity contribution in [3.63, 3.8) is 0 Å². The molecule has 0 radical (unpaired) electrons. The van der Waals surface area contributed by atoms with Crippen molar-refractivity contribution in [2.75, 3.05) is 25.2 Å². The fourth-order valence-electron chi connectivity index (χ4n) is 1.51. The summed E-state index contributed by atoms with van der Waals surface area (Å²) in [7, 11) is 1.64. The molecule has 0 fully saturated rings. The smallest absolute Gasteiger partial charge is 0.218 e. The van der Waals surface area contributed by atoms with Crippen LogP contribution in [0.1, 0.15) is 13.8 Å². The second-order valence-corrected chi connectivity index (χ2v) is 3.29. The lowest BCUT2D eigenvalue weighted by Gasteiger charge is -2.28. The summed E-state index contributed by atoms with van der Waals surface area (Å²) >= 11 is 0. The molecule has 0 saturated heterocycles. The van der Waals surface area contributed by atoms with Gasteiger partial charge < -0.3 is 9.64 Å². The van der Waals surface area contributed by atoms with Crippen molar-refractivity contribution in [2.24, 2.45) is 0 Å². The maximum atomic E-state index is 12.9. The number of halogens is 1. The summed E-state index contributed by atoms with van der Waals surface area (Å²) in [6, 6.07) is 1.49. The summed E-state index contributed by atoms with van der Waals surface area (Å²) in [5.74, 6) is 0.0811. The average molecular weight is 213 g/mol. The number of ether oxygens (including phenoxy) is 1. The van der Waals surface area contributed by atoms with E-state index in [4.69, 9.17) is 4.74 Å². The van der Waals surface area contributed by atoms with E-state index in [1.54, 1.807) is 7.11 Å². The van der Waals surface area contributed by atoms with Gasteiger partial charge in [-0.1, -0.05) is 0 Å². The molecule has 0 amide bonds. The van der Waals surface area contributed by atoms with Crippen molar-refractivity contribution in [1.82, 2.24) is 9.97 Å². The average Bonchev–Trinajstić information content (AvgIpc) is 2.19. The first-order chi connectivity index (χ1) is 7.19. The Kier molecular flexibility index (Phi) is 4.42. The largest absolute Gasteiger partial charge is 0.383 e. The van der Waals surface area contributed by atoms with E-state index in [0.29, 0.717) is 12.4 Å². The number of likely N-dealkylation sites (N-methyl/N-ethyl adjacent to an activating group) is 1. The van der Waals surface area contributed by atoms with Crippen LogP contribution in [-0.2, 0) is 4.74 Å². The summed E-state index contributed by atoms with van der Waals surface area (Å²) < 4.78 is 18.0. The fraction of sp³-hybridized carbons (Fsp3) is 0.600. The number of aromatic nitrogens is 2. The highest BCUT2D eigenvalue weighted by molar-refractivity contribution is 5.37. The molecule has 15 heavy (non-hydrogen) atoms. The molecule has 0 aromatic carbocycles. The Balaban J connectivity index is 2.82. The Bertz CT molecular complexity index is 308. The van der Waals surface area contributed by atoms with Gasteiger partial charge >= 0.3 is 0 Å². The Hall–Kier alpha value is -1.23. The molecular weight excluding hydrogens is 197 g/mol. The number of anilines is 1. The maximum absolute atomic E-state index is 12.9. The zero-order chi connectivity index (χ0) is 11.3. The highest BCUT2D eigenvalue weighted by Crippen LogP contribution is 2.13. The molecule has 0 N–H and O–H groups in total. The van der Waals surface area contributed by atoms with Gasteiger partial charge in [0.2, 0.25) is 5.95 Å². The van der Waals surface area contributed by atoms with Crippen molar-refractivity contribution in [1.29, 1.82) is 0 Å². The van der Waals surface area contributed by atoms with Crippen LogP contribution >= 0.6 is 0 Å². The van der Waals surface area contributed by atoms with Crippen LogP contribution in [0.3, 0.4) is 0 Å². The van der Waals surface area contributed by atoms with E-state index in [1.165, 1.54) is 12.4 Å². The predicted molar refractivity (Wildman–Crippen MR) is 56.3 cm³/mol. The molecule has 5 heteroatoms. The Morgan fingerprint density at radius 2 is 2.27 bits per heavy atom. The minimum atomic E-state index is -0.511. The minimum absolute atomic E-state index is 0.161. The fourth-order valence-corrected chi connectivity index (χ4v) is 1.51.